The average molecular weight is 409 g/mol. The Balaban J connectivity index is 2.45. The van der Waals surface area contributed by atoms with Gasteiger partial charge in [0.2, 0.25) is 0 Å². The molecule has 0 fully saturated rings. The van der Waals surface area contributed by atoms with Gasteiger partial charge in [-0.15, -0.1) is 0 Å². The molecule has 2 aromatic rings. The van der Waals surface area contributed by atoms with E-state index in [2.05, 4.69) is 53.9 Å². The molecule has 0 N–H and O–H groups in total. The van der Waals surface area contributed by atoms with E-state index in [9.17, 15) is 0 Å². The number of halogens is 3. The van der Waals surface area contributed by atoms with Gasteiger partial charge in [-0.1, -0.05) is 47.8 Å². The van der Waals surface area contributed by atoms with E-state index < -0.39 is 0 Å². The zero-order valence-corrected chi connectivity index (χ0v) is 13.3. The van der Waals surface area contributed by atoms with Crippen molar-refractivity contribution in [2.75, 3.05) is 0 Å². The van der Waals surface area contributed by atoms with E-state index in [0.29, 0.717) is 0 Å². The molecule has 4 heteroatoms. The lowest BCUT2D eigenvalue weighted by Gasteiger charge is -2.11. The predicted molar refractivity (Wildman–Crippen MR) is 76.1 cm³/mol. The number of hydrogen-bond donors (Lipinski definition) is 0. The highest BCUT2D eigenvalue weighted by atomic mass is 79.9. The third kappa shape index (κ3) is 2.44. The highest BCUT2D eigenvalue weighted by Crippen LogP contribution is 2.38. The summed E-state index contributed by atoms with van der Waals surface area (Å²) in [5.74, 6) is 0.943. The zero-order valence-electron chi connectivity index (χ0n) is 8.51. The molecular weight excluding hydrogens is 400 g/mol. The average Bonchev–Trinajstić information content (AvgIpc) is 2.67. The molecule has 0 radical (unpaired) electrons. The van der Waals surface area contributed by atoms with E-state index >= 15 is 0 Å². The van der Waals surface area contributed by atoms with E-state index in [4.69, 9.17) is 4.42 Å². The smallest absolute Gasteiger partial charge is 0.124 e. The second kappa shape index (κ2) is 5.07. The molecule has 1 aromatic heterocycles. The molecular formula is C12H9Br3O. The van der Waals surface area contributed by atoms with Crippen molar-refractivity contribution in [2.24, 2.45) is 0 Å². The Bertz CT molecular complexity index is 505. The SMILES string of the molecule is Cc1ccoc1C(Br)c1cc(Br)ccc1Br. The second-order valence-electron chi connectivity index (χ2n) is 3.50. The van der Waals surface area contributed by atoms with Crippen molar-refractivity contribution in [3.63, 3.8) is 0 Å². The Kier molecular flexibility index (Phi) is 3.93. The van der Waals surface area contributed by atoms with Gasteiger partial charge >= 0.3 is 0 Å². The van der Waals surface area contributed by atoms with Gasteiger partial charge in [-0.05, 0) is 42.3 Å². The van der Waals surface area contributed by atoms with Gasteiger partial charge in [0.25, 0.3) is 0 Å². The quantitative estimate of drug-likeness (QED) is 0.590. The molecule has 0 aliphatic carbocycles. The van der Waals surface area contributed by atoms with Gasteiger partial charge < -0.3 is 4.42 Å². The monoisotopic (exact) mass is 406 g/mol. The van der Waals surface area contributed by atoms with Crippen molar-refractivity contribution in [1.29, 1.82) is 0 Å². The molecule has 1 unspecified atom stereocenters. The van der Waals surface area contributed by atoms with Crippen LogP contribution in [0.25, 0.3) is 0 Å². The summed E-state index contributed by atoms with van der Waals surface area (Å²) in [5.41, 5.74) is 2.29. The first-order chi connectivity index (χ1) is 7.59. The number of rotatable bonds is 2. The van der Waals surface area contributed by atoms with Crippen LogP contribution in [0.2, 0.25) is 0 Å². The van der Waals surface area contributed by atoms with Crippen LogP contribution in [0, 0.1) is 6.92 Å². The van der Waals surface area contributed by atoms with E-state index in [1.165, 1.54) is 0 Å². The molecule has 0 bridgehead atoms. The van der Waals surface area contributed by atoms with Gasteiger partial charge in [0.05, 0.1) is 11.1 Å². The van der Waals surface area contributed by atoms with Crippen LogP contribution in [0.15, 0.2) is 43.9 Å². The minimum absolute atomic E-state index is 0.0642. The van der Waals surface area contributed by atoms with E-state index in [1.54, 1.807) is 6.26 Å². The minimum atomic E-state index is 0.0642. The van der Waals surface area contributed by atoms with Crippen LogP contribution in [-0.2, 0) is 0 Å². The molecule has 0 saturated heterocycles. The molecule has 16 heavy (non-hydrogen) atoms. The Morgan fingerprint density at radius 3 is 2.56 bits per heavy atom. The molecule has 1 aromatic carbocycles. The summed E-state index contributed by atoms with van der Waals surface area (Å²) in [7, 11) is 0. The third-order valence-electron chi connectivity index (χ3n) is 2.36. The molecule has 0 aliphatic heterocycles. The minimum Gasteiger partial charge on any atom is -0.468 e. The van der Waals surface area contributed by atoms with Crippen molar-refractivity contribution in [3.05, 3.63) is 56.4 Å². The maximum absolute atomic E-state index is 5.49. The Morgan fingerprint density at radius 1 is 1.19 bits per heavy atom. The fraction of sp³-hybridized carbons (Fsp3) is 0.167. The zero-order chi connectivity index (χ0) is 11.7. The molecule has 0 saturated carbocycles. The molecule has 0 aliphatic rings. The molecule has 1 heterocycles. The van der Waals surface area contributed by atoms with Crippen molar-refractivity contribution in [3.8, 4) is 0 Å². The van der Waals surface area contributed by atoms with Gasteiger partial charge in [0, 0.05) is 8.95 Å². The van der Waals surface area contributed by atoms with Crippen molar-refractivity contribution >= 4 is 47.8 Å². The number of benzene rings is 1. The summed E-state index contributed by atoms with van der Waals surface area (Å²) >= 11 is 10.7. The molecule has 0 spiro atoms. The van der Waals surface area contributed by atoms with Crippen molar-refractivity contribution in [2.45, 2.75) is 11.8 Å². The predicted octanol–water partition coefficient (Wildman–Crippen LogP) is 5.60. The Labute approximate surface area is 120 Å². The fourth-order valence-corrected chi connectivity index (χ4v) is 3.50. The maximum atomic E-state index is 5.49. The van der Waals surface area contributed by atoms with E-state index in [-0.39, 0.29) is 4.83 Å². The Hall–Kier alpha value is -0.0600. The van der Waals surface area contributed by atoms with Crippen molar-refractivity contribution < 1.29 is 4.42 Å². The second-order valence-corrected chi connectivity index (χ2v) is 6.18. The highest BCUT2D eigenvalue weighted by Gasteiger charge is 2.18. The van der Waals surface area contributed by atoms with Crippen LogP contribution in [0.4, 0.5) is 0 Å². The molecule has 84 valence electrons. The summed E-state index contributed by atoms with van der Waals surface area (Å²) in [6.07, 6.45) is 1.71. The number of aryl methyl sites for hydroxylation is 1. The van der Waals surface area contributed by atoms with Crippen LogP contribution in [0.1, 0.15) is 21.7 Å². The van der Waals surface area contributed by atoms with Crippen LogP contribution < -0.4 is 0 Å². The van der Waals surface area contributed by atoms with Gasteiger partial charge in [-0.3, -0.25) is 0 Å². The van der Waals surface area contributed by atoms with Gasteiger partial charge in [0.15, 0.2) is 0 Å². The van der Waals surface area contributed by atoms with Crippen LogP contribution >= 0.6 is 47.8 Å². The van der Waals surface area contributed by atoms with Gasteiger partial charge in [-0.25, -0.2) is 0 Å². The Morgan fingerprint density at radius 2 is 1.94 bits per heavy atom. The first-order valence-electron chi connectivity index (χ1n) is 4.72. The number of furan rings is 1. The first-order valence-corrected chi connectivity index (χ1v) is 7.23. The van der Waals surface area contributed by atoms with Crippen LogP contribution in [0.3, 0.4) is 0 Å². The normalized spacial score (nSPS) is 12.8. The largest absolute Gasteiger partial charge is 0.468 e. The van der Waals surface area contributed by atoms with E-state index in [1.807, 2.05) is 25.1 Å². The number of hydrogen-bond acceptors (Lipinski definition) is 1. The lowest BCUT2D eigenvalue weighted by Crippen LogP contribution is -1.94. The summed E-state index contributed by atoms with van der Waals surface area (Å²) in [4.78, 5) is 0.0642. The van der Waals surface area contributed by atoms with Crippen LogP contribution in [-0.4, -0.2) is 0 Å². The van der Waals surface area contributed by atoms with Gasteiger partial charge in [0.1, 0.15) is 5.76 Å². The molecule has 2 rings (SSSR count). The highest BCUT2D eigenvalue weighted by molar-refractivity contribution is 9.11. The maximum Gasteiger partial charge on any atom is 0.124 e. The summed E-state index contributed by atoms with van der Waals surface area (Å²) in [6, 6.07) is 8.06. The standard InChI is InChI=1S/C12H9Br3O/c1-7-4-5-16-12(7)11(15)9-6-8(13)2-3-10(9)14/h2-6,11H,1H3. The molecule has 0 amide bonds. The van der Waals surface area contributed by atoms with Crippen molar-refractivity contribution in [1.82, 2.24) is 0 Å². The lowest BCUT2D eigenvalue weighted by atomic mass is 10.1. The molecule has 1 atom stereocenters. The lowest BCUT2D eigenvalue weighted by molar-refractivity contribution is 0.517. The third-order valence-corrected chi connectivity index (χ3v) is 4.49. The molecule has 1 nitrogen and oxygen atoms in total. The first kappa shape index (κ1) is 12.4. The summed E-state index contributed by atoms with van der Waals surface area (Å²) in [5, 5.41) is 0. The van der Waals surface area contributed by atoms with Gasteiger partial charge in [-0.2, -0.15) is 0 Å². The van der Waals surface area contributed by atoms with E-state index in [0.717, 1.165) is 25.8 Å². The topological polar surface area (TPSA) is 13.1 Å². The summed E-state index contributed by atoms with van der Waals surface area (Å²) < 4.78 is 7.61. The number of alkyl halides is 1. The van der Waals surface area contributed by atoms with Crippen LogP contribution in [0.5, 0.6) is 0 Å². The summed E-state index contributed by atoms with van der Waals surface area (Å²) in [6.45, 7) is 2.04. The fourth-order valence-electron chi connectivity index (χ4n) is 1.49.